The number of piperidine rings is 1. The van der Waals surface area contributed by atoms with Gasteiger partial charge in [0.05, 0.1) is 5.39 Å². The molecule has 1 fully saturated rings. The third kappa shape index (κ3) is 2.82. The van der Waals surface area contributed by atoms with Crippen molar-refractivity contribution in [1.29, 1.82) is 0 Å². The average molecular weight is 305 g/mol. The number of nitrogens with one attached hydrogen (secondary N) is 1. The first-order valence-corrected chi connectivity index (χ1v) is 8.36. The molecule has 0 amide bonds. The van der Waals surface area contributed by atoms with Crippen LogP contribution in [-0.2, 0) is 6.42 Å². The van der Waals surface area contributed by atoms with Gasteiger partial charge in [-0.2, -0.15) is 4.98 Å². The fraction of sp³-hybridized carbons (Fsp3) is 0.600. The van der Waals surface area contributed by atoms with Crippen LogP contribution in [-0.4, -0.2) is 23.1 Å². The van der Waals surface area contributed by atoms with E-state index >= 15 is 0 Å². The first-order valence-electron chi connectivity index (χ1n) is 7.54. The van der Waals surface area contributed by atoms with E-state index < -0.39 is 0 Å². The first kappa shape index (κ1) is 14.5. The van der Waals surface area contributed by atoms with E-state index in [1.54, 1.807) is 11.3 Å². The molecule has 2 aromatic heterocycles. The molecule has 3 rings (SSSR count). The number of hydrazine groups is 1. The van der Waals surface area contributed by atoms with E-state index in [1.165, 1.54) is 17.7 Å². The molecule has 3 N–H and O–H groups in total. The van der Waals surface area contributed by atoms with Gasteiger partial charge in [0, 0.05) is 18.0 Å². The SMILES string of the molecule is CCc1cc2c(N3CCC(C)(C)CC3)nc(NN)nc2s1. The van der Waals surface area contributed by atoms with Crippen molar-refractivity contribution in [2.24, 2.45) is 11.3 Å². The van der Waals surface area contributed by atoms with Crippen molar-refractivity contribution >= 4 is 33.3 Å². The molecule has 3 heterocycles. The summed E-state index contributed by atoms with van der Waals surface area (Å²) in [5.74, 6) is 7.07. The minimum absolute atomic E-state index is 0.431. The smallest absolute Gasteiger partial charge is 0.240 e. The predicted octanol–water partition coefficient (Wildman–Crippen LogP) is 3.17. The largest absolute Gasteiger partial charge is 0.356 e. The fourth-order valence-corrected chi connectivity index (χ4v) is 3.72. The van der Waals surface area contributed by atoms with E-state index in [0.29, 0.717) is 11.4 Å². The van der Waals surface area contributed by atoms with Gasteiger partial charge >= 0.3 is 0 Å². The molecule has 21 heavy (non-hydrogen) atoms. The Morgan fingerprint density at radius 1 is 1.33 bits per heavy atom. The maximum absolute atomic E-state index is 5.53. The quantitative estimate of drug-likeness (QED) is 0.673. The van der Waals surface area contributed by atoms with Crippen LogP contribution in [0.1, 0.15) is 38.5 Å². The van der Waals surface area contributed by atoms with Gasteiger partial charge in [0.25, 0.3) is 0 Å². The van der Waals surface area contributed by atoms with Gasteiger partial charge in [-0.25, -0.2) is 10.8 Å². The van der Waals surface area contributed by atoms with Gasteiger partial charge in [0.15, 0.2) is 0 Å². The van der Waals surface area contributed by atoms with Crippen molar-refractivity contribution in [2.45, 2.75) is 40.0 Å². The van der Waals surface area contributed by atoms with Crippen LogP contribution in [0.5, 0.6) is 0 Å². The van der Waals surface area contributed by atoms with Crippen LogP contribution in [0.25, 0.3) is 10.2 Å². The number of nitrogens with two attached hydrogens (primary N) is 1. The van der Waals surface area contributed by atoms with Gasteiger partial charge in [-0.1, -0.05) is 20.8 Å². The Morgan fingerprint density at radius 3 is 2.67 bits per heavy atom. The van der Waals surface area contributed by atoms with Crippen molar-refractivity contribution in [1.82, 2.24) is 9.97 Å². The Balaban J connectivity index is 2.02. The lowest BCUT2D eigenvalue weighted by atomic mass is 9.82. The van der Waals surface area contributed by atoms with E-state index in [1.807, 2.05) is 0 Å². The van der Waals surface area contributed by atoms with Crippen LogP contribution in [0.15, 0.2) is 6.07 Å². The van der Waals surface area contributed by atoms with E-state index in [2.05, 4.69) is 47.1 Å². The number of aromatic nitrogens is 2. The third-order valence-corrected chi connectivity index (χ3v) is 5.49. The zero-order chi connectivity index (χ0) is 15.0. The van der Waals surface area contributed by atoms with Crippen LogP contribution in [0.2, 0.25) is 0 Å². The maximum Gasteiger partial charge on any atom is 0.240 e. The number of thiophene rings is 1. The Morgan fingerprint density at radius 2 is 2.05 bits per heavy atom. The molecule has 5 nitrogen and oxygen atoms in total. The minimum Gasteiger partial charge on any atom is -0.356 e. The molecule has 0 aromatic carbocycles. The topological polar surface area (TPSA) is 67.1 Å². The molecule has 1 saturated heterocycles. The highest BCUT2D eigenvalue weighted by atomic mass is 32.1. The summed E-state index contributed by atoms with van der Waals surface area (Å²) < 4.78 is 0. The lowest BCUT2D eigenvalue weighted by Crippen LogP contribution is -2.38. The van der Waals surface area contributed by atoms with Crippen LogP contribution in [0, 0.1) is 5.41 Å². The van der Waals surface area contributed by atoms with Crippen LogP contribution >= 0.6 is 11.3 Å². The molecule has 0 aliphatic carbocycles. The number of hydrogen-bond acceptors (Lipinski definition) is 6. The molecular formula is C15H23N5S. The maximum atomic E-state index is 5.53. The number of hydrogen-bond donors (Lipinski definition) is 2. The number of aryl methyl sites for hydroxylation is 1. The first-order chi connectivity index (χ1) is 10.0. The lowest BCUT2D eigenvalue weighted by molar-refractivity contribution is 0.279. The highest BCUT2D eigenvalue weighted by molar-refractivity contribution is 7.18. The van der Waals surface area contributed by atoms with Crippen molar-refractivity contribution < 1.29 is 0 Å². The molecule has 114 valence electrons. The monoisotopic (exact) mass is 305 g/mol. The second kappa shape index (κ2) is 5.42. The van der Waals surface area contributed by atoms with E-state index in [-0.39, 0.29) is 0 Å². The van der Waals surface area contributed by atoms with Gasteiger partial charge in [-0.3, -0.25) is 5.43 Å². The molecule has 1 aliphatic rings. The molecule has 0 atom stereocenters. The summed E-state index contributed by atoms with van der Waals surface area (Å²) in [7, 11) is 0. The van der Waals surface area contributed by atoms with E-state index in [4.69, 9.17) is 5.84 Å². The number of nitrogens with zero attached hydrogens (tertiary/aromatic N) is 3. The number of rotatable bonds is 3. The summed E-state index contributed by atoms with van der Waals surface area (Å²) in [6, 6.07) is 2.23. The molecular weight excluding hydrogens is 282 g/mol. The van der Waals surface area contributed by atoms with Gasteiger partial charge in [-0.05, 0) is 30.7 Å². The molecule has 2 aromatic rings. The van der Waals surface area contributed by atoms with Crippen molar-refractivity contribution in [3.05, 3.63) is 10.9 Å². The second-order valence-corrected chi connectivity index (χ2v) is 7.57. The zero-order valence-corrected chi connectivity index (χ0v) is 13.8. The standard InChI is InChI=1S/C15H23N5S/c1-4-10-9-11-12(17-14(19-16)18-13(11)21-10)20-7-5-15(2,3)6-8-20/h9H,4-8,16H2,1-3H3,(H,17,18,19). The summed E-state index contributed by atoms with van der Waals surface area (Å²) in [4.78, 5) is 13.9. The van der Waals surface area contributed by atoms with Gasteiger partial charge < -0.3 is 4.90 Å². The highest BCUT2D eigenvalue weighted by Gasteiger charge is 2.27. The summed E-state index contributed by atoms with van der Waals surface area (Å²) in [6.07, 6.45) is 3.40. The van der Waals surface area contributed by atoms with Crippen molar-refractivity contribution in [2.75, 3.05) is 23.4 Å². The van der Waals surface area contributed by atoms with Crippen molar-refractivity contribution in [3.63, 3.8) is 0 Å². The third-order valence-electron chi connectivity index (χ3n) is 4.32. The van der Waals surface area contributed by atoms with Gasteiger partial charge in [0.2, 0.25) is 5.95 Å². The Labute approximate surface area is 129 Å². The fourth-order valence-electron chi connectivity index (χ4n) is 2.76. The average Bonchev–Trinajstić information content (AvgIpc) is 2.89. The molecule has 1 aliphatic heterocycles. The second-order valence-electron chi connectivity index (χ2n) is 6.45. The number of nitrogen functional groups attached to an aromatic ring is 1. The zero-order valence-electron chi connectivity index (χ0n) is 12.9. The normalized spacial score (nSPS) is 18.2. The van der Waals surface area contributed by atoms with Crippen LogP contribution in [0.4, 0.5) is 11.8 Å². The van der Waals surface area contributed by atoms with Gasteiger partial charge in [-0.15, -0.1) is 11.3 Å². The lowest BCUT2D eigenvalue weighted by Gasteiger charge is -2.37. The molecule has 0 spiro atoms. The molecule has 6 heteroatoms. The minimum atomic E-state index is 0.431. The highest BCUT2D eigenvalue weighted by Crippen LogP contribution is 2.36. The summed E-state index contributed by atoms with van der Waals surface area (Å²) in [5.41, 5.74) is 3.03. The van der Waals surface area contributed by atoms with Crippen LogP contribution in [0.3, 0.4) is 0 Å². The Hall–Kier alpha value is -1.40. The molecule has 0 unspecified atom stereocenters. The Bertz CT molecular complexity index is 639. The molecule has 0 radical (unpaired) electrons. The predicted molar refractivity (Wildman–Crippen MR) is 89.8 cm³/mol. The van der Waals surface area contributed by atoms with Crippen molar-refractivity contribution in [3.8, 4) is 0 Å². The van der Waals surface area contributed by atoms with Gasteiger partial charge in [0.1, 0.15) is 10.6 Å². The summed E-state index contributed by atoms with van der Waals surface area (Å²) in [5, 5.41) is 1.16. The Kier molecular flexibility index (Phi) is 3.75. The summed E-state index contributed by atoms with van der Waals surface area (Å²) >= 11 is 1.73. The molecule has 0 bridgehead atoms. The molecule has 0 saturated carbocycles. The van der Waals surface area contributed by atoms with E-state index in [0.717, 1.165) is 35.5 Å². The number of fused-ring (bicyclic) bond motifs is 1. The number of anilines is 2. The summed E-state index contributed by atoms with van der Waals surface area (Å²) in [6.45, 7) is 8.93. The van der Waals surface area contributed by atoms with Crippen LogP contribution < -0.4 is 16.2 Å². The van der Waals surface area contributed by atoms with E-state index in [9.17, 15) is 0 Å².